The second-order valence-corrected chi connectivity index (χ2v) is 3.91. The summed E-state index contributed by atoms with van der Waals surface area (Å²) in [4.78, 5) is 0. The van der Waals surface area contributed by atoms with Gasteiger partial charge in [0.05, 0.1) is 27.7 Å². The topological polar surface area (TPSA) is 27.1 Å². The minimum atomic E-state index is 0.768. The van der Waals surface area contributed by atoms with Crippen LogP contribution in [0.4, 0.5) is 0 Å². The van der Waals surface area contributed by atoms with Crippen LogP contribution >= 0.6 is 11.6 Å². The average molecular weight is 227 g/mol. The number of benzene rings is 1. The summed E-state index contributed by atoms with van der Waals surface area (Å²) in [6.45, 7) is 0.783. The first kappa shape index (κ1) is 11.9. The molecule has 0 aromatic heterocycles. The summed E-state index contributed by atoms with van der Waals surface area (Å²) in [7, 11) is 5.87. The molecule has 0 spiro atoms. The maximum absolute atomic E-state index is 5.81. The van der Waals surface area contributed by atoms with Gasteiger partial charge in [0.1, 0.15) is 0 Å². The zero-order chi connectivity index (χ0) is 11.3. The van der Waals surface area contributed by atoms with Crippen molar-refractivity contribution in [2.75, 3.05) is 21.1 Å². The van der Waals surface area contributed by atoms with E-state index in [1.165, 1.54) is 5.56 Å². The van der Waals surface area contributed by atoms with E-state index >= 15 is 0 Å². The van der Waals surface area contributed by atoms with Crippen molar-refractivity contribution in [3.05, 3.63) is 34.9 Å². The fraction of sp³-hybridized carbons (Fsp3) is 0.364. The monoisotopic (exact) mass is 226 g/mol. The Balaban J connectivity index is 2.57. The van der Waals surface area contributed by atoms with E-state index < -0.39 is 0 Å². The van der Waals surface area contributed by atoms with Crippen LogP contribution in [-0.2, 0) is 6.54 Å². The van der Waals surface area contributed by atoms with Gasteiger partial charge in [-0.2, -0.15) is 0 Å². The molecule has 1 aromatic carbocycles. The number of guanidine groups is 1. The van der Waals surface area contributed by atoms with E-state index in [0.717, 1.165) is 17.5 Å². The van der Waals surface area contributed by atoms with Gasteiger partial charge >= 0.3 is 5.96 Å². The van der Waals surface area contributed by atoms with E-state index in [0.29, 0.717) is 0 Å². The summed E-state index contributed by atoms with van der Waals surface area (Å²) < 4.78 is 2.00. The Kier molecular flexibility index (Phi) is 4.43. The van der Waals surface area contributed by atoms with Crippen LogP contribution in [0.25, 0.3) is 0 Å². The van der Waals surface area contributed by atoms with Crippen molar-refractivity contribution in [3.63, 3.8) is 0 Å². The van der Waals surface area contributed by atoms with Gasteiger partial charge in [-0.05, 0) is 17.7 Å². The zero-order valence-corrected chi connectivity index (χ0v) is 10.1. The largest absolute Gasteiger partial charge is 0.345 e. The quantitative estimate of drug-likeness (QED) is 0.452. The van der Waals surface area contributed by atoms with Crippen molar-refractivity contribution in [2.45, 2.75) is 6.54 Å². The molecule has 0 atom stereocenters. The highest BCUT2D eigenvalue weighted by Crippen LogP contribution is 2.08. The molecule has 0 saturated carbocycles. The summed E-state index contributed by atoms with van der Waals surface area (Å²) in [5.74, 6) is 0.991. The Labute approximate surface area is 95.8 Å². The van der Waals surface area contributed by atoms with Gasteiger partial charge in [0.2, 0.25) is 0 Å². The van der Waals surface area contributed by atoms with E-state index in [2.05, 4.69) is 10.6 Å². The summed E-state index contributed by atoms with van der Waals surface area (Å²) >= 11 is 5.81. The van der Waals surface area contributed by atoms with Gasteiger partial charge < -0.3 is 0 Å². The SMILES string of the molecule is CNC(NCc1ccc(Cl)cc1)=[N+](C)C. The van der Waals surface area contributed by atoms with Gasteiger partial charge in [0, 0.05) is 5.02 Å². The van der Waals surface area contributed by atoms with Crippen molar-refractivity contribution in [1.29, 1.82) is 0 Å². The molecule has 0 aliphatic carbocycles. The Morgan fingerprint density at radius 2 is 1.87 bits per heavy atom. The standard InChI is InChI=1S/C11H16ClN3/c1-13-11(15(2)3)14-8-9-4-6-10(12)7-5-9/h4-7H,8H2,1-3H3,(H,13,14)/p+1. The first-order chi connectivity index (χ1) is 7.13. The second kappa shape index (κ2) is 5.61. The van der Waals surface area contributed by atoms with Crippen LogP contribution in [0, 0.1) is 0 Å². The number of hydrogen-bond donors (Lipinski definition) is 2. The van der Waals surface area contributed by atoms with Crippen LogP contribution in [0.1, 0.15) is 5.56 Å². The third-order valence-electron chi connectivity index (χ3n) is 2.06. The maximum Gasteiger partial charge on any atom is 0.345 e. The molecule has 0 heterocycles. The molecule has 82 valence electrons. The van der Waals surface area contributed by atoms with Crippen molar-refractivity contribution in [2.24, 2.45) is 0 Å². The highest BCUT2D eigenvalue weighted by molar-refractivity contribution is 6.30. The van der Waals surface area contributed by atoms with Crippen molar-refractivity contribution >= 4 is 17.6 Å². The Morgan fingerprint density at radius 3 is 2.33 bits per heavy atom. The summed E-state index contributed by atoms with van der Waals surface area (Å²) in [5.41, 5.74) is 1.20. The molecule has 15 heavy (non-hydrogen) atoms. The predicted molar refractivity (Wildman–Crippen MR) is 64.5 cm³/mol. The first-order valence-corrected chi connectivity index (χ1v) is 5.21. The van der Waals surface area contributed by atoms with Crippen LogP contribution in [0.5, 0.6) is 0 Å². The average Bonchev–Trinajstić information content (AvgIpc) is 2.21. The molecule has 0 aliphatic heterocycles. The molecule has 1 aromatic rings. The lowest BCUT2D eigenvalue weighted by Crippen LogP contribution is -2.40. The first-order valence-electron chi connectivity index (χ1n) is 4.84. The predicted octanol–water partition coefficient (Wildman–Crippen LogP) is 1.28. The second-order valence-electron chi connectivity index (χ2n) is 3.47. The molecule has 1 rings (SSSR count). The van der Waals surface area contributed by atoms with Crippen molar-refractivity contribution in [3.8, 4) is 0 Å². The number of nitrogens with zero attached hydrogens (tertiary/aromatic N) is 1. The van der Waals surface area contributed by atoms with E-state index in [-0.39, 0.29) is 0 Å². The van der Waals surface area contributed by atoms with Crippen LogP contribution in [0.15, 0.2) is 24.3 Å². The van der Waals surface area contributed by atoms with E-state index in [1.807, 2.05) is 50.0 Å². The number of halogens is 1. The molecular weight excluding hydrogens is 210 g/mol. The Morgan fingerprint density at radius 1 is 1.27 bits per heavy atom. The molecule has 0 aliphatic rings. The minimum absolute atomic E-state index is 0.768. The number of hydrogen-bond acceptors (Lipinski definition) is 0. The molecule has 0 fully saturated rings. The molecule has 2 N–H and O–H groups in total. The van der Waals surface area contributed by atoms with E-state index in [1.54, 1.807) is 0 Å². The Hall–Kier alpha value is -1.22. The summed E-state index contributed by atoms with van der Waals surface area (Å²) in [5, 5.41) is 7.15. The van der Waals surface area contributed by atoms with Crippen LogP contribution < -0.4 is 10.6 Å². The summed E-state index contributed by atoms with van der Waals surface area (Å²) in [6, 6.07) is 7.82. The van der Waals surface area contributed by atoms with Gasteiger partial charge in [-0.15, -0.1) is 0 Å². The zero-order valence-electron chi connectivity index (χ0n) is 9.34. The fourth-order valence-electron chi connectivity index (χ4n) is 1.26. The van der Waals surface area contributed by atoms with Crippen LogP contribution in [0.2, 0.25) is 5.02 Å². The normalized spacial score (nSPS) is 9.60. The molecule has 0 amide bonds. The van der Waals surface area contributed by atoms with Crippen molar-refractivity contribution in [1.82, 2.24) is 10.6 Å². The third kappa shape index (κ3) is 3.80. The van der Waals surface area contributed by atoms with E-state index in [4.69, 9.17) is 11.6 Å². The lowest BCUT2D eigenvalue weighted by molar-refractivity contribution is -0.469. The van der Waals surface area contributed by atoms with Gasteiger partial charge in [-0.25, -0.2) is 0 Å². The number of rotatable bonds is 2. The molecular formula is C11H17ClN3+. The minimum Gasteiger partial charge on any atom is -0.281 e. The Bertz CT molecular complexity index is 339. The van der Waals surface area contributed by atoms with Crippen LogP contribution in [-0.4, -0.2) is 31.7 Å². The smallest absolute Gasteiger partial charge is 0.281 e. The molecule has 3 nitrogen and oxygen atoms in total. The van der Waals surface area contributed by atoms with E-state index in [9.17, 15) is 0 Å². The highest BCUT2D eigenvalue weighted by Gasteiger charge is 2.03. The highest BCUT2D eigenvalue weighted by atomic mass is 35.5. The van der Waals surface area contributed by atoms with Gasteiger partial charge in [0.25, 0.3) is 0 Å². The van der Waals surface area contributed by atoms with Gasteiger partial charge in [-0.3, -0.25) is 15.2 Å². The third-order valence-corrected chi connectivity index (χ3v) is 2.31. The molecule has 0 saturated heterocycles. The van der Waals surface area contributed by atoms with Gasteiger partial charge in [0.15, 0.2) is 0 Å². The summed E-state index contributed by atoms with van der Waals surface area (Å²) in [6.07, 6.45) is 0. The van der Waals surface area contributed by atoms with Gasteiger partial charge in [-0.1, -0.05) is 23.7 Å². The fourth-order valence-corrected chi connectivity index (χ4v) is 1.38. The lowest BCUT2D eigenvalue weighted by Gasteiger charge is -2.05. The molecule has 0 unspecified atom stereocenters. The maximum atomic E-state index is 5.81. The molecule has 0 bridgehead atoms. The number of nitrogens with one attached hydrogen (secondary N) is 2. The lowest BCUT2D eigenvalue weighted by atomic mass is 10.2. The van der Waals surface area contributed by atoms with Crippen molar-refractivity contribution < 1.29 is 4.58 Å². The molecule has 4 heteroatoms. The molecule has 0 radical (unpaired) electrons. The van der Waals surface area contributed by atoms with Crippen LogP contribution in [0.3, 0.4) is 0 Å².